The van der Waals surface area contributed by atoms with Gasteiger partial charge in [-0.1, -0.05) is 0 Å². The number of nitrogens with one attached hydrogen (secondary N) is 1. The number of rotatable bonds is 7. The first-order chi connectivity index (χ1) is 17.9. The van der Waals surface area contributed by atoms with Crippen molar-refractivity contribution in [2.45, 2.75) is 12.5 Å². The second kappa shape index (κ2) is 9.88. The van der Waals surface area contributed by atoms with Gasteiger partial charge in [0.15, 0.2) is 5.82 Å². The van der Waals surface area contributed by atoms with Gasteiger partial charge in [-0.05, 0) is 24.6 Å². The van der Waals surface area contributed by atoms with Crippen LogP contribution in [-0.2, 0) is 9.59 Å². The number of benzene rings is 2. The Bertz CT molecular complexity index is 1600. The van der Waals surface area contributed by atoms with Gasteiger partial charge in [-0.15, -0.1) is 0 Å². The van der Waals surface area contributed by atoms with Crippen LogP contribution in [0.25, 0.3) is 16.6 Å². The molecule has 0 spiro atoms. The van der Waals surface area contributed by atoms with Gasteiger partial charge in [0, 0.05) is 31.4 Å². The number of aromatic carboxylic acids is 1. The fourth-order valence-corrected chi connectivity index (χ4v) is 4.30. The van der Waals surface area contributed by atoms with Crippen LogP contribution in [0.15, 0.2) is 47.0 Å². The molecule has 198 valence electrons. The fraction of sp³-hybridized carbons (Fsp3) is 0.167. The van der Waals surface area contributed by atoms with E-state index >= 15 is 8.78 Å². The molecule has 1 saturated heterocycles. The average Bonchev–Trinajstić information content (AvgIpc) is 3.27. The number of carbonyl (C=O) groups is 3. The average molecular weight is 535 g/mol. The summed E-state index contributed by atoms with van der Waals surface area (Å²) < 4.78 is 60.0. The summed E-state index contributed by atoms with van der Waals surface area (Å²) in [5.74, 6) is -9.62. The van der Waals surface area contributed by atoms with Crippen molar-refractivity contribution < 1.29 is 47.3 Å². The summed E-state index contributed by atoms with van der Waals surface area (Å²) in [4.78, 5) is 47.7. The molecule has 0 bridgehead atoms. The Labute approximate surface area is 209 Å². The van der Waals surface area contributed by atoms with Crippen molar-refractivity contribution in [1.82, 2.24) is 9.88 Å². The van der Waals surface area contributed by atoms with Crippen LogP contribution in [-0.4, -0.2) is 56.9 Å². The Kier molecular flexibility index (Phi) is 6.81. The zero-order valence-corrected chi connectivity index (χ0v) is 19.0. The summed E-state index contributed by atoms with van der Waals surface area (Å²) in [5.41, 5.74) is -4.65. The highest BCUT2D eigenvalue weighted by atomic mass is 19.1. The molecule has 0 aliphatic carbocycles. The van der Waals surface area contributed by atoms with Crippen molar-refractivity contribution in [3.63, 3.8) is 0 Å². The van der Waals surface area contributed by atoms with E-state index in [1.165, 1.54) is 4.90 Å². The Balaban J connectivity index is 1.86. The van der Waals surface area contributed by atoms with Gasteiger partial charge in [-0.3, -0.25) is 4.79 Å². The van der Waals surface area contributed by atoms with Crippen molar-refractivity contribution in [1.29, 1.82) is 0 Å². The third kappa shape index (κ3) is 4.75. The van der Waals surface area contributed by atoms with Gasteiger partial charge in [-0.2, -0.15) is 0 Å². The van der Waals surface area contributed by atoms with Crippen LogP contribution < -0.4 is 15.6 Å². The van der Waals surface area contributed by atoms with E-state index in [1.807, 2.05) is 0 Å². The first-order valence-corrected chi connectivity index (χ1v) is 10.8. The summed E-state index contributed by atoms with van der Waals surface area (Å²) in [6.45, 7) is -0.217. The van der Waals surface area contributed by atoms with E-state index in [9.17, 15) is 38.2 Å². The SMILES string of the molecule is O=C(O)/C=C(\NC1CCN(c2c(F)cc3c(=O)c(C(=O)O)cn(-c4ccc(F)cc4F)c3c2F)C1)C(=O)O. The van der Waals surface area contributed by atoms with Crippen molar-refractivity contribution in [3.8, 4) is 5.69 Å². The number of carboxylic acid groups (broad SMARTS) is 3. The van der Waals surface area contributed by atoms with E-state index in [1.54, 1.807) is 0 Å². The molecule has 1 aliphatic rings. The molecule has 2 aromatic carbocycles. The molecular formula is C24H17F4N3O7. The lowest BCUT2D eigenvalue weighted by molar-refractivity contribution is -0.135. The first-order valence-electron chi connectivity index (χ1n) is 10.8. The highest BCUT2D eigenvalue weighted by Gasteiger charge is 2.31. The van der Waals surface area contributed by atoms with E-state index in [4.69, 9.17) is 5.11 Å². The van der Waals surface area contributed by atoms with E-state index in [0.29, 0.717) is 29.0 Å². The third-order valence-corrected chi connectivity index (χ3v) is 5.92. The number of aliphatic carboxylic acids is 2. The maximum absolute atomic E-state index is 16.0. The number of carboxylic acids is 3. The minimum absolute atomic E-state index is 0.0284. The topological polar surface area (TPSA) is 149 Å². The second-order valence-electron chi connectivity index (χ2n) is 8.34. The van der Waals surface area contributed by atoms with Gasteiger partial charge in [0.25, 0.3) is 0 Å². The Morgan fingerprint density at radius 2 is 1.74 bits per heavy atom. The molecule has 1 atom stereocenters. The molecule has 1 aliphatic heterocycles. The normalized spacial score (nSPS) is 15.6. The zero-order valence-electron chi connectivity index (χ0n) is 19.0. The van der Waals surface area contributed by atoms with Crippen LogP contribution in [0, 0.1) is 23.3 Å². The van der Waals surface area contributed by atoms with Crippen molar-refractivity contribution >= 4 is 34.5 Å². The minimum atomic E-state index is -1.74. The van der Waals surface area contributed by atoms with Gasteiger partial charge in [0.2, 0.25) is 5.43 Å². The lowest BCUT2D eigenvalue weighted by Gasteiger charge is -2.23. The number of halogens is 4. The number of nitrogens with zero attached hydrogens (tertiary/aromatic N) is 2. The summed E-state index contributed by atoms with van der Waals surface area (Å²) in [7, 11) is 0. The predicted octanol–water partition coefficient (Wildman–Crippen LogP) is 2.47. The number of aromatic nitrogens is 1. The Morgan fingerprint density at radius 1 is 1.03 bits per heavy atom. The molecule has 4 rings (SSSR count). The van der Waals surface area contributed by atoms with Crippen LogP contribution in [0.1, 0.15) is 16.8 Å². The van der Waals surface area contributed by atoms with Gasteiger partial charge in [0.1, 0.15) is 34.4 Å². The number of fused-ring (bicyclic) bond motifs is 1. The van der Waals surface area contributed by atoms with E-state index in [2.05, 4.69) is 5.32 Å². The molecule has 10 nitrogen and oxygen atoms in total. The van der Waals surface area contributed by atoms with Gasteiger partial charge >= 0.3 is 17.9 Å². The molecule has 0 saturated carbocycles. The van der Waals surface area contributed by atoms with Crippen LogP contribution in [0.5, 0.6) is 0 Å². The highest BCUT2D eigenvalue weighted by Crippen LogP contribution is 2.34. The van der Waals surface area contributed by atoms with Crippen LogP contribution >= 0.6 is 0 Å². The molecule has 4 N–H and O–H groups in total. The molecule has 38 heavy (non-hydrogen) atoms. The molecule has 0 amide bonds. The van der Waals surface area contributed by atoms with Crippen LogP contribution in [0.2, 0.25) is 0 Å². The molecule has 1 aromatic heterocycles. The summed E-state index contributed by atoms with van der Waals surface area (Å²) in [6.07, 6.45) is 1.22. The molecule has 0 radical (unpaired) electrons. The van der Waals surface area contributed by atoms with Crippen molar-refractivity contribution in [3.05, 3.63) is 81.3 Å². The van der Waals surface area contributed by atoms with Crippen molar-refractivity contribution in [2.75, 3.05) is 18.0 Å². The molecule has 1 fully saturated rings. The number of hydrogen-bond donors (Lipinski definition) is 4. The fourth-order valence-electron chi connectivity index (χ4n) is 4.30. The number of anilines is 1. The van der Waals surface area contributed by atoms with E-state index < -0.39 is 86.2 Å². The zero-order chi connectivity index (χ0) is 27.9. The standard InChI is InChI=1S/C24H17F4N3O7/c25-10-1-2-17(14(26)5-10)31-9-13(23(35)36)22(34)12-6-15(27)21(19(28)20(12)31)30-4-3-11(8-30)29-16(24(37)38)7-18(32)33/h1-2,5-7,9,11,29H,3-4,8H2,(H,32,33)(H,35,36)(H,37,38)/b16-7-. The quantitative estimate of drug-likeness (QED) is 0.264. The lowest BCUT2D eigenvalue weighted by Crippen LogP contribution is -2.35. The Morgan fingerprint density at radius 3 is 2.34 bits per heavy atom. The molecule has 2 heterocycles. The smallest absolute Gasteiger partial charge is 0.352 e. The van der Waals surface area contributed by atoms with Crippen molar-refractivity contribution in [2.24, 2.45) is 0 Å². The van der Waals surface area contributed by atoms with Gasteiger partial charge < -0.3 is 30.1 Å². The maximum Gasteiger partial charge on any atom is 0.352 e. The largest absolute Gasteiger partial charge is 0.478 e. The number of pyridine rings is 1. The minimum Gasteiger partial charge on any atom is -0.478 e. The molecule has 3 aromatic rings. The predicted molar refractivity (Wildman–Crippen MR) is 123 cm³/mol. The summed E-state index contributed by atoms with van der Waals surface area (Å²) in [5, 5.41) is 29.2. The van der Waals surface area contributed by atoms with Gasteiger partial charge in [0.05, 0.1) is 22.7 Å². The Hall–Kier alpha value is -4.88. The molecular weight excluding hydrogens is 518 g/mol. The monoisotopic (exact) mass is 535 g/mol. The van der Waals surface area contributed by atoms with Crippen LogP contribution in [0.3, 0.4) is 0 Å². The highest BCUT2D eigenvalue weighted by molar-refractivity contribution is 5.95. The lowest BCUT2D eigenvalue weighted by atomic mass is 10.1. The third-order valence-electron chi connectivity index (χ3n) is 5.92. The molecule has 14 heteroatoms. The maximum atomic E-state index is 16.0. The van der Waals surface area contributed by atoms with E-state index in [0.717, 1.165) is 12.1 Å². The van der Waals surface area contributed by atoms with E-state index in [-0.39, 0.29) is 19.5 Å². The number of hydrogen-bond acceptors (Lipinski definition) is 6. The van der Waals surface area contributed by atoms with Gasteiger partial charge in [-0.25, -0.2) is 31.9 Å². The van der Waals surface area contributed by atoms with Crippen LogP contribution in [0.4, 0.5) is 23.2 Å². The second-order valence-corrected chi connectivity index (χ2v) is 8.34. The summed E-state index contributed by atoms with van der Waals surface area (Å²) in [6, 6.07) is 2.04. The first kappa shape index (κ1) is 26.2. The summed E-state index contributed by atoms with van der Waals surface area (Å²) >= 11 is 0. The molecule has 1 unspecified atom stereocenters.